The zero-order valence-electron chi connectivity index (χ0n) is 16.8. The molecule has 0 saturated carbocycles. The molecule has 6 heteroatoms. The van der Waals surface area contributed by atoms with Crippen LogP contribution in [0.15, 0.2) is 71.1 Å². The van der Waals surface area contributed by atoms with Crippen molar-refractivity contribution in [3.05, 3.63) is 89.2 Å². The lowest BCUT2D eigenvalue weighted by Gasteiger charge is -2.18. The molecule has 0 aliphatic carbocycles. The number of aryl methyl sites for hydroxylation is 1. The van der Waals surface area contributed by atoms with Crippen molar-refractivity contribution in [2.75, 3.05) is 18.5 Å². The number of ether oxygens (including phenoxy) is 2. The van der Waals surface area contributed by atoms with Gasteiger partial charge in [-0.25, -0.2) is 0 Å². The Morgan fingerprint density at radius 1 is 0.839 bits per heavy atom. The molecule has 2 heterocycles. The van der Waals surface area contributed by atoms with Crippen molar-refractivity contribution in [3.8, 4) is 11.5 Å². The summed E-state index contributed by atoms with van der Waals surface area (Å²) < 4.78 is 17.0. The van der Waals surface area contributed by atoms with Gasteiger partial charge in [0.15, 0.2) is 17.3 Å². The first kappa shape index (κ1) is 18.9. The molecule has 0 unspecified atom stereocenters. The molecule has 1 N–H and O–H groups in total. The third-order valence-electron chi connectivity index (χ3n) is 5.12. The van der Waals surface area contributed by atoms with Crippen molar-refractivity contribution in [1.29, 1.82) is 0 Å². The molecule has 0 fully saturated rings. The average molecular weight is 413 g/mol. The number of fused-ring (bicyclic) bond motifs is 2. The topological polar surface area (TPSA) is 77.8 Å². The average Bonchev–Trinajstić information content (AvgIpc) is 3.16. The maximum Gasteiger partial charge on any atom is 0.255 e. The molecule has 0 atom stereocenters. The number of amides is 1. The highest BCUT2D eigenvalue weighted by Crippen LogP contribution is 2.35. The fraction of sp³-hybridized carbons (Fsp3) is 0.120. The fourth-order valence-electron chi connectivity index (χ4n) is 3.62. The zero-order valence-corrected chi connectivity index (χ0v) is 16.8. The van der Waals surface area contributed by atoms with E-state index < -0.39 is 0 Å². The Kier molecular flexibility index (Phi) is 4.67. The lowest BCUT2D eigenvalue weighted by Crippen LogP contribution is -2.16. The maximum absolute atomic E-state index is 13.4. The second-order valence-electron chi connectivity index (χ2n) is 7.31. The number of hydrogen-bond donors (Lipinski definition) is 1. The Labute approximate surface area is 178 Å². The van der Waals surface area contributed by atoms with Crippen LogP contribution in [0.5, 0.6) is 11.5 Å². The third-order valence-corrected chi connectivity index (χ3v) is 5.12. The van der Waals surface area contributed by atoms with Crippen LogP contribution >= 0.6 is 0 Å². The lowest BCUT2D eigenvalue weighted by atomic mass is 10.1. The molecule has 3 aromatic carbocycles. The Morgan fingerprint density at radius 3 is 2.48 bits per heavy atom. The SMILES string of the molecule is Cc1cccc(C(=O)Nc2c(C(=O)c3ccc4c(c3)OCCO4)oc3ccccc23)c1. The quantitative estimate of drug-likeness (QED) is 0.477. The van der Waals surface area contributed by atoms with Gasteiger partial charge < -0.3 is 19.2 Å². The minimum absolute atomic E-state index is 0.0684. The monoisotopic (exact) mass is 413 g/mol. The van der Waals surface area contributed by atoms with Crippen molar-refractivity contribution in [1.82, 2.24) is 0 Å². The molecule has 1 aliphatic rings. The first-order valence-electron chi connectivity index (χ1n) is 9.94. The number of nitrogens with one attached hydrogen (secondary N) is 1. The molecule has 1 amide bonds. The fourth-order valence-corrected chi connectivity index (χ4v) is 3.62. The molecule has 0 radical (unpaired) electrons. The molecular formula is C25H19NO5. The van der Waals surface area contributed by atoms with E-state index in [2.05, 4.69) is 5.32 Å². The molecule has 31 heavy (non-hydrogen) atoms. The van der Waals surface area contributed by atoms with Crippen LogP contribution in [-0.2, 0) is 0 Å². The van der Waals surface area contributed by atoms with Crippen molar-refractivity contribution >= 4 is 28.3 Å². The predicted octanol–water partition coefficient (Wildman–Crippen LogP) is 5.00. The van der Waals surface area contributed by atoms with Gasteiger partial charge in [0.2, 0.25) is 5.78 Å². The summed E-state index contributed by atoms with van der Waals surface area (Å²) in [7, 11) is 0. The van der Waals surface area contributed by atoms with E-state index >= 15 is 0 Å². The van der Waals surface area contributed by atoms with Crippen molar-refractivity contribution in [2.24, 2.45) is 0 Å². The first-order valence-corrected chi connectivity index (χ1v) is 9.94. The number of furan rings is 1. The standard InChI is InChI=1S/C25H19NO5/c1-15-5-4-6-17(13-15)25(28)26-22-18-7-2-3-8-19(18)31-24(22)23(27)16-9-10-20-21(14-16)30-12-11-29-20/h2-10,13-14H,11-12H2,1H3,(H,26,28). The van der Waals surface area contributed by atoms with Crippen molar-refractivity contribution in [2.45, 2.75) is 6.92 Å². The highest BCUT2D eigenvalue weighted by molar-refractivity contribution is 6.19. The van der Waals surface area contributed by atoms with E-state index in [0.717, 1.165) is 5.56 Å². The van der Waals surface area contributed by atoms with Gasteiger partial charge >= 0.3 is 0 Å². The number of benzene rings is 3. The Morgan fingerprint density at radius 2 is 1.65 bits per heavy atom. The van der Waals surface area contributed by atoms with Gasteiger partial charge in [0.05, 0.1) is 5.69 Å². The van der Waals surface area contributed by atoms with Crippen LogP contribution in [0.2, 0.25) is 0 Å². The number of ketones is 1. The summed E-state index contributed by atoms with van der Waals surface area (Å²) in [6.07, 6.45) is 0. The third kappa shape index (κ3) is 3.53. The lowest BCUT2D eigenvalue weighted by molar-refractivity contribution is 0.101. The zero-order chi connectivity index (χ0) is 21.4. The van der Waals surface area contributed by atoms with Gasteiger partial charge in [-0.2, -0.15) is 0 Å². The van der Waals surface area contributed by atoms with Gasteiger partial charge in [0.25, 0.3) is 5.91 Å². The minimum atomic E-state index is -0.354. The van der Waals surface area contributed by atoms with Crippen LogP contribution in [0, 0.1) is 6.92 Å². The number of anilines is 1. The van der Waals surface area contributed by atoms with E-state index in [1.807, 2.05) is 37.3 Å². The molecule has 1 aromatic heterocycles. The van der Waals surface area contributed by atoms with Crippen LogP contribution < -0.4 is 14.8 Å². The summed E-state index contributed by atoms with van der Waals surface area (Å²) in [6.45, 7) is 2.81. The molecule has 0 spiro atoms. The van der Waals surface area contributed by atoms with E-state index in [0.29, 0.717) is 52.5 Å². The second-order valence-corrected chi connectivity index (χ2v) is 7.31. The van der Waals surface area contributed by atoms with Crippen molar-refractivity contribution in [3.63, 3.8) is 0 Å². The van der Waals surface area contributed by atoms with Gasteiger partial charge in [-0.3, -0.25) is 9.59 Å². The second kappa shape index (κ2) is 7.65. The van der Waals surface area contributed by atoms with E-state index in [9.17, 15) is 9.59 Å². The van der Waals surface area contributed by atoms with E-state index in [4.69, 9.17) is 13.9 Å². The summed E-state index contributed by atoms with van der Waals surface area (Å²) >= 11 is 0. The molecule has 4 aromatic rings. The number of para-hydroxylation sites is 1. The Balaban J connectivity index is 1.56. The van der Waals surface area contributed by atoms with Crippen LogP contribution in [0.4, 0.5) is 5.69 Å². The van der Waals surface area contributed by atoms with Gasteiger partial charge in [-0.05, 0) is 49.4 Å². The number of rotatable bonds is 4. The van der Waals surface area contributed by atoms with Gasteiger partial charge in [0, 0.05) is 16.5 Å². The highest BCUT2D eigenvalue weighted by Gasteiger charge is 2.25. The first-order chi connectivity index (χ1) is 15.1. The number of carbonyl (C=O) groups is 2. The van der Waals surface area contributed by atoms with Crippen molar-refractivity contribution < 1.29 is 23.5 Å². The van der Waals surface area contributed by atoms with Crippen LogP contribution in [-0.4, -0.2) is 24.9 Å². The predicted molar refractivity (Wildman–Crippen MR) is 116 cm³/mol. The smallest absolute Gasteiger partial charge is 0.255 e. The molecule has 5 rings (SSSR count). The van der Waals surface area contributed by atoms with Gasteiger partial charge in [-0.1, -0.05) is 29.8 Å². The summed E-state index contributed by atoms with van der Waals surface area (Å²) in [4.78, 5) is 26.3. The molecule has 6 nitrogen and oxygen atoms in total. The maximum atomic E-state index is 13.4. The summed E-state index contributed by atoms with van der Waals surface area (Å²) in [6, 6.07) is 19.5. The Hall–Kier alpha value is -4.06. The normalized spacial score (nSPS) is 12.5. The summed E-state index contributed by atoms with van der Waals surface area (Å²) in [5.74, 6) is 0.511. The molecule has 0 saturated heterocycles. The Bertz CT molecular complexity index is 1320. The van der Waals surface area contributed by atoms with E-state index in [1.165, 1.54) is 0 Å². The van der Waals surface area contributed by atoms with E-state index in [-0.39, 0.29) is 17.5 Å². The summed E-state index contributed by atoms with van der Waals surface area (Å²) in [5.41, 5.74) is 2.72. The van der Waals surface area contributed by atoms with Gasteiger partial charge in [-0.15, -0.1) is 0 Å². The number of hydrogen-bond acceptors (Lipinski definition) is 5. The molecule has 1 aliphatic heterocycles. The van der Waals surface area contributed by atoms with Crippen LogP contribution in [0.25, 0.3) is 11.0 Å². The highest BCUT2D eigenvalue weighted by atomic mass is 16.6. The van der Waals surface area contributed by atoms with Crippen LogP contribution in [0.1, 0.15) is 32.0 Å². The molecular weight excluding hydrogens is 394 g/mol. The largest absolute Gasteiger partial charge is 0.486 e. The molecule has 154 valence electrons. The van der Waals surface area contributed by atoms with Crippen LogP contribution in [0.3, 0.4) is 0 Å². The summed E-state index contributed by atoms with van der Waals surface area (Å²) in [5, 5.41) is 3.54. The molecule has 0 bridgehead atoms. The number of carbonyl (C=O) groups excluding carboxylic acids is 2. The van der Waals surface area contributed by atoms with E-state index in [1.54, 1.807) is 36.4 Å². The van der Waals surface area contributed by atoms with Gasteiger partial charge in [0.1, 0.15) is 18.8 Å². The minimum Gasteiger partial charge on any atom is -0.486 e.